The molecule has 1 aliphatic heterocycles. The Hall–Kier alpha value is -0.100. The zero-order chi connectivity index (χ0) is 12.4. The van der Waals surface area contributed by atoms with E-state index < -0.39 is 0 Å². The molecule has 4 nitrogen and oxygen atoms in total. The molecule has 2 heterocycles. The molecule has 1 saturated heterocycles. The number of hydrogen-bond acceptors (Lipinski definition) is 3. The normalized spacial score (nSPS) is 20.1. The highest BCUT2D eigenvalue weighted by atomic mass is 79.9. The Morgan fingerprint density at radius 3 is 2.78 bits per heavy atom. The molecule has 1 unspecified atom stereocenters. The molecule has 0 amide bonds. The molecule has 0 spiro atoms. The Labute approximate surface area is 124 Å². The summed E-state index contributed by atoms with van der Waals surface area (Å²) in [7, 11) is 4.05. The van der Waals surface area contributed by atoms with Crippen LogP contribution in [0.4, 0.5) is 0 Å². The van der Waals surface area contributed by atoms with Crippen molar-refractivity contribution in [3.8, 4) is 0 Å². The Bertz CT molecular complexity index is 394. The van der Waals surface area contributed by atoms with Gasteiger partial charge >= 0.3 is 0 Å². The quantitative estimate of drug-likeness (QED) is 0.912. The van der Waals surface area contributed by atoms with Gasteiger partial charge in [-0.15, -0.1) is 12.4 Å². The largest absolute Gasteiger partial charge is 0.319 e. The molecule has 104 valence electrons. The fraction of sp³-hybridized carbons (Fsp3) is 0.750. The van der Waals surface area contributed by atoms with Gasteiger partial charge < -0.3 is 5.32 Å². The minimum atomic E-state index is 0. The zero-order valence-electron chi connectivity index (χ0n) is 11.2. The van der Waals surface area contributed by atoms with Crippen molar-refractivity contribution >= 4 is 28.3 Å². The van der Waals surface area contributed by atoms with E-state index in [0.29, 0.717) is 0 Å². The molecule has 1 fully saturated rings. The molecule has 0 radical (unpaired) electrons. The van der Waals surface area contributed by atoms with E-state index in [0.717, 1.165) is 29.2 Å². The van der Waals surface area contributed by atoms with Gasteiger partial charge in [0.15, 0.2) is 0 Å². The standard InChI is InChI=1S/C12H21BrN4.ClH/c1-9-12(13)11(16(3)15-9)8-17-5-4-10(7-17)6-14-2;/h10,14H,4-8H2,1-3H3;1H. The summed E-state index contributed by atoms with van der Waals surface area (Å²) >= 11 is 3.63. The van der Waals surface area contributed by atoms with E-state index in [4.69, 9.17) is 0 Å². The summed E-state index contributed by atoms with van der Waals surface area (Å²) in [5.74, 6) is 0.799. The lowest BCUT2D eigenvalue weighted by atomic mass is 10.1. The lowest BCUT2D eigenvalue weighted by Gasteiger charge is -2.16. The number of nitrogens with one attached hydrogen (secondary N) is 1. The summed E-state index contributed by atoms with van der Waals surface area (Å²) in [6.45, 7) is 6.56. The smallest absolute Gasteiger partial charge is 0.0739 e. The fourth-order valence-corrected chi connectivity index (χ4v) is 3.04. The number of rotatable bonds is 4. The van der Waals surface area contributed by atoms with Crippen LogP contribution in [0.25, 0.3) is 0 Å². The Morgan fingerprint density at radius 1 is 1.50 bits per heavy atom. The number of likely N-dealkylation sites (tertiary alicyclic amines) is 1. The molecule has 6 heteroatoms. The maximum atomic E-state index is 4.44. The molecule has 1 aliphatic rings. The number of nitrogens with zero attached hydrogens (tertiary/aromatic N) is 3. The lowest BCUT2D eigenvalue weighted by Crippen LogP contribution is -2.25. The predicted octanol–water partition coefficient (Wildman–Crippen LogP) is 1.95. The van der Waals surface area contributed by atoms with Crippen LogP contribution in [0.5, 0.6) is 0 Å². The van der Waals surface area contributed by atoms with Gasteiger partial charge in [0, 0.05) is 20.1 Å². The van der Waals surface area contributed by atoms with Crippen LogP contribution in [0.2, 0.25) is 0 Å². The van der Waals surface area contributed by atoms with E-state index in [1.54, 1.807) is 0 Å². The zero-order valence-corrected chi connectivity index (χ0v) is 13.6. The molecule has 1 atom stereocenters. The van der Waals surface area contributed by atoms with Gasteiger partial charge in [-0.2, -0.15) is 5.10 Å². The molecule has 1 N–H and O–H groups in total. The van der Waals surface area contributed by atoms with Crippen LogP contribution in [0.15, 0.2) is 4.47 Å². The first-order chi connectivity index (χ1) is 8.11. The molecule has 0 aliphatic carbocycles. The van der Waals surface area contributed by atoms with Gasteiger partial charge in [0.25, 0.3) is 0 Å². The Balaban J connectivity index is 0.00000162. The van der Waals surface area contributed by atoms with Gasteiger partial charge in [-0.25, -0.2) is 0 Å². The predicted molar refractivity (Wildman–Crippen MR) is 80.2 cm³/mol. The van der Waals surface area contributed by atoms with Crippen LogP contribution in [0, 0.1) is 12.8 Å². The fourth-order valence-electron chi connectivity index (χ4n) is 2.58. The minimum Gasteiger partial charge on any atom is -0.319 e. The maximum absolute atomic E-state index is 4.44. The second-order valence-corrected chi connectivity index (χ2v) is 5.71. The van der Waals surface area contributed by atoms with Gasteiger partial charge in [0.1, 0.15) is 0 Å². The van der Waals surface area contributed by atoms with E-state index in [1.807, 2.05) is 25.7 Å². The summed E-state index contributed by atoms with van der Waals surface area (Å²) < 4.78 is 3.15. The van der Waals surface area contributed by atoms with Crippen molar-refractivity contribution in [3.05, 3.63) is 15.9 Å². The molecular formula is C12H22BrClN4. The second-order valence-electron chi connectivity index (χ2n) is 4.92. The van der Waals surface area contributed by atoms with E-state index in [2.05, 4.69) is 31.2 Å². The van der Waals surface area contributed by atoms with Crippen LogP contribution in [0.3, 0.4) is 0 Å². The van der Waals surface area contributed by atoms with E-state index in [1.165, 1.54) is 25.2 Å². The Morgan fingerprint density at radius 2 is 2.22 bits per heavy atom. The lowest BCUT2D eigenvalue weighted by molar-refractivity contribution is 0.306. The van der Waals surface area contributed by atoms with Crippen molar-refractivity contribution in [3.63, 3.8) is 0 Å². The first kappa shape index (κ1) is 16.0. The first-order valence-electron chi connectivity index (χ1n) is 6.16. The van der Waals surface area contributed by atoms with Gasteiger partial charge in [0.05, 0.1) is 15.9 Å². The summed E-state index contributed by atoms with van der Waals surface area (Å²) in [5.41, 5.74) is 2.36. The van der Waals surface area contributed by atoms with Gasteiger partial charge in [-0.3, -0.25) is 9.58 Å². The van der Waals surface area contributed by atoms with Crippen molar-refractivity contribution in [2.75, 3.05) is 26.7 Å². The van der Waals surface area contributed by atoms with Crippen LogP contribution in [0.1, 0.15) is 17.8 Å². The average molecular weight is 338 g/mol. The van der Waals surface area contributed by atoms with E-state index >= 15 is 0 Å². The van der Waals surface area contributed by atoms with Crippen molar-refractivity contribution in [1.82, 2.24) is 20.0 Å². The molecule has 1 aromatic rings. The second kappa shape index (κ2) is 6.89. The average Bonchev–Trinajstić information content (AvgIpc) is 2.81. The molecule has 2 rings (SSSR count). The molecule has 0 bridgehead atoms. The minimum absolute atomic E-state index is 0. The van der Waals surface area contributed by atoms with Gasteiger partial charge in [-0.1, -0.05) is 0 Å². The van der Waals surface area contributed by atoms with Crippen LogP contribution in [-0.4, -0.2) is 41.4 Å². The van der Waals surface area contributed by atoms with Crippen LogP contribution in [-0.2, 0) is 13.6 Å². The van der Waals surface area contributed by atoms with Gasteiger partial charge in [0.2, 0.25) is 0 Å². The first-order valence-corrected chi connectivity index (χ1v) is 6.96. The van der Waals surface area contributed by atoms with Crippen molar-refractivity contribution in [2.24, 2.45) is 13.0 Å². The number of aryl methyl sites for hydroxylation is 2. The molecular weight excluding hydrogens is 316 g/mol. The van der Waals surface area contributed by atoms with E-state index in [9.17, 15) is 0 Å². The van der Waals surface area contributed by atoms with Crippen LogP contribution >= 0.6 is 28.3 Å². The van der Waals surface area contributed by atoms with Crippen LogP contribution < -0.4 is 5.32 Å². The van der Waals surface area contributed by atoms with Crippen molar-refractivity contribution in [2.45, 2.75) is 19.9 Å². The third-order valence-corrected chi connectivity index (χ3v) is 4.53. The molecule has 0 saturated carbocycles. The third kappa shape index (κ3) is 3.47. The topological polar surface area (TPSA) is 33.1 Å². The Kier molecular flexibility index (Phi) is 6.11. The molecule has 18 heavy (non-hydrogen) atoms. The van der Waals surface area contributed by atoms with Crippen molar-refractivity contribution < 1.29 is 0 Å². The number of aromatic nitrogens is 2. The summed E-state index contributed by atoms with van der Waals surface area (Å²) in [6, 6.07) is 0. The van der Waals surface area contributed by atoms with E-state index in [-0.39, 0.29) is 12.4 Å². The summed E-state index contributed by atoms with van der Waals surface area (Å²) in [4.78, 5) is 2.52. The highest BCUT2D eigenvalue weighted by molar-refractivity contribution is 9.10. The highest BCUT2D eigenvalue weighted by Crippen LogP contribution is 2.24. The monoisotopic (exact) mass is 336 g/mol. The molecule has 1 aromatic heterocycles. The number of hydrogen-bond donors (Lipinski definition) is 1. The highest BCUT2D eigenvalue weighted by Gasteiger charge is 2.23. The summed E-state index contributed by atoms with van der Waals surface area (Å²) in [6.07, 6.45) is 1.30. The maximum Gasteiger partial charge on any atom is 0.0739 e. The van der Waals surface area contributed by atoms with Gasteiger partial charge in [-0.05, 0) is 55.3 Å². The number of halogens is 2. The molecule has 0 aromatic carbocycles. The third-order valence-electron chi connectivity index (χ3n) is 3.50. The summed E-state index contributed by atoms with van der Waals surface area (Å²) in [5, 5.41) is 7.71. The van der Waals surface area contributed by atoms with Crippen molar-refractivity contribution in [1.29, 1.82) is 0 Å². The SMILES string of the molecule is CNCC1CCN(Cc2c(Br)c(C)nn2C)C1.Cl.